The molecule has 7 aromatic carbocycles. The van der Waals surface area contributed by atoms with Crippen molar-refractivity contribution in [2.45, 2.75) is 32.1 Å². The van der Waals surface area contributed by atoms with Crippen LogP contribution in [-0.2, 0) is 5.41 Å². The van der Waals surface area contributed by atoms with E-state index in [0.29, 0.717) is 17.5 Å². The predicted molar refractivity (Wildman–Crippen MR) is 223 cm³/mol. The highest BCUT2D eigenvalue weighted by Gasteiger charge is 2.40. The number of fused-ring (bicyclic) bond motifs is 5. The average Bonchev–Trinajstić information content (AvgIpc) is 3.59. The van der Waals surface area contributed by atoms with Gasteiger partial charge in [-0.05, 0) is 76.6 Å². The van der Waals surface area contributed by atoms with Gasteiger partial charge in [-0.1, -0.05) is 153 Å². The first-order valence-corrected chi connectivity index (χ1v) is 18.9. The molecule has 4 heteroatoms. The zero-order valence-corrected chi connectivity index (χ0v) is 30.4. The first-order chi connectivity index (χ1) is 26.6. The molecule has 1 aliphatic rings. The second-order valence-electron chi connectivity index (χ2n) is 14.3. The van der Waals surface area contributed by atoms with Crippen molar-refractivity contribution in [2.24, 2.45) is 0 Å². The van der Waals surface area contributed by atoms with E-state index < -0.39 is 0 Å². The molecular formula is C50H38N4. The molecule has 10 rings (SSSR count). The molecule has 0 unspecified atom stereocenters. The van der Waals surface area contributed by atoms with Gasteiger partial charge in [-0.3, -0.25) is 0 Å². The van der Waals surface area contributed by atoms with Gasteiger partial charge in [0.1, 0.15) is 0 Å². The number of hydrogen-bond acceptors (Lipinski definition) is 3. The van der Waals surface area contributed by atoms with Crippen molar-refractivity contribution < 1.29 is 0 Å². The Bertz CT molecular complexity index is 2770. The van der Waals surface area contributed by atoms with Crippen molar-refractivity contribution in [1.82, 2.24) is 19.5 Å². The maximum atomic E-state index is 4.94. The predicted octanol–water partition coefficient (Wildman–Crippen LogP) is 12.7. The maximum absolute atomic E-state index is 4.94. The molecule has 0 amide bonds. The van der Waals surface area contributed by atoms with E-state index in [0.717, 1.165) is 35.1 Å². The minimum absolute atomic E-state index is 0.0710. The molecule has 2 aromatic heterocycles. The molecule has 0 atom stereocenters. The van der Waals surface area contributed by atoms with Gasteiger partial charge in [-0.2, -0.15) is 0 Å². The largest absolute Gasteiger partial charge is 0.309 e. The topological polar surface area (TPSA) is 43.6 Å². The standard InChI is InChI=1S/C50H38N4/c1-3-50(4-2)42-23-12-14-25-45(42)54-44-24-13-11-22-40(44)41-31-39(32-43(50)46(41)54)38-21-15-20-37(30-38)33-26-28-36(29-27-33)49-52-47(34-16-7-5-8-17-34)51-48(53-49)35-18-9-6-10-19-35/h5-32H,3-4H2,1-2H3. The molecule has 0 fully saturated rings. The Morgan fingerprint density at radius 2 is 0.926 bits per heavy atom. The fourth-order valence-electron chi connectivity index (χ4n) is 8.74. The van der Waals surface area contributed by atoms with Crippen LogP contribution < -0.4 is 0 Å². The smallest absolute Gasteiger partial charge is 0.164 e. The third-order valence-corrected chi connectivity index (χ3v) is 11.5. The number of para-hydroxylation sites is 2. The second-order valence-corrected chi connectivity index (χ2v) is 14.3. The second kappa shape index (κ2) is 12.8. The van der Waals surface area contributed by atoms with Gasteiger partial charge in [-0.15, -0.1) is 0 Å². The molecule has 0 aliphatic carbocycles. The fraction of sp³-hybridized carbons (Fsp3) is 0.100. The van der Waals surface area contributed by atoms with Crippen LogP contribution >= 0.6 is 0 Å². The fourth-order valence-corrected chi connectivity index (χ4v) is 8.74. The minimum Gasteiger partial charge on any atom is -0.309 e. The third-order valence-electron chi connectivity index (χ3n) is 11.5. The first kappa shape index (κ1) is 32.0. The lowest BCUT2D eigenvalue weighted by molar-refractivity contribution is 0.474. The van der Waals surface area contributed by atoms with Crippen molar-refractivity contribution in [3.63, 3.8) is 0 Å². The van der Waals surface area contributed by atoms with Gasteiger partial charge < -0.3 is 4.57 Å². The highest BCUT2D eigenvalue weighted by molar-refractivity contribution is 6.13. The lowest BCUT2D eigenvalue weighted by Gasteiger charge is -2.39. The summed E-state index contributed by atoms with van der Waals surface area (Å²) in [5.74, 6) is 1.98. The zero-order valence-electron chi connectivity index (χ0n) is 30.4. The molecule has 0 spiro atoms. The Labute approximate surface area is 315 Å². The first-order valence-electron chi connectivity index (χ1n) is 18.9. The number of rotatable bonds is 7. The Kier molecular flexibility index (Phi) is 7.58. The van der Waals surface area contributed by atoms with Crippen LogP contribution in [0.15, 0.2) is 170 Å². The number of benzene rings is 7. The summed E-state index contributed by atoms with van der Waals surface area (Å²) in [5.41, 5.74) is 14.3. The molecular weight excluding hydrogens is 657 g/mol. The number of hydrogen-bond donors (Lipinski definition) is 0. The summed E-state index contributed by atoms with van der Waals surface area (Å²) in [6.45, 7) is 4.70. The molecule has 4 nitrogen and oxygen atoms in total. The summed E-state index contributed by atoms with van der Waals surface area (Å²) in [6.07, 6.45) is 2.07. The van der Waals surface area contributed by atoms with Crippen LogP contribution in [0.4, 0.5) is 0 Å². The summed E-state index contributed by atoms with van der Waals surface area (Å²) in [7, 11) is 0. The van der Waals surface area contributed by atoms with Crippen LogP contribution in [0.25, 0.3) is 83.9 Å². The van der Waals surface area contributed by atoms with E-state index >= 15 is 0 Å². The highest BCUT2D eigenvalue weighted by atomic mass is 15.0. The normalized spacial score (nSPS) is 12.9. The monoisotopic (exact) mass is 694 g/mol. The molecule has 1 aliphatic heterocycles. The average molecular weight is 695 g/mol. The SMILES string of the molecule is CCC1(CC)c2ccccc2-n2c3ccccc3c3cc(-c4cccc(-c5ccc(-c6nc(-c7ccccc7)nc(-c7ccccc7)n6)cc5)c4)cc1c32. The lowest BCUT2D eigenvalue weighted by Crippen LogP contribution is -2.31. The Balaban J connectivity index is 1.07. The maximum Gasteiger partial charge on any atom is 0.164 e. The van der Waals surface area contributed by atoms with Crippen LogP contribution in [0, 0.1) is 0 Å². The summed E-state index contributed by atoms with van der Waals surface area (Å²) in [4.78, 5) is 14.7. The number of aromatic nitrogens is 4. The van der Waals surface area contributed by atoms with E-state index in [-0.39, 0.29) is 5.41 Å². The number of nitrogens with zero attached hydrogens (tertiary/aromatic N) is 4. The van der Waals surface area contributed by atoms with Gasteiger partial charge in [0.05, 0.1) is 16.7 Å². The Morgan fingerprint density at radius 1 is 0.407 bits per heavy atom. The summed E-state index contributed by atoms with van der Waals surface area (Å²) in [6, 6.07) is 60.6. The molecule has 3 heterocycles. The van der Waals surface area contributed by atoms with E-state index in [1.54, 1.807) is 0 Å². The Hall–Kier alpha value is -6.65. The quantitative estimate of drug-likeness (QED) is 0.167. The van der Waals surface area contributed by atoms with E-state index in [9.17, 15) is 0 Å². The minimum atomic E-state index is -0.0710. The molecule has 0 radical (unpaired) electrons. The van der Waals surface area contributed by atoms with Crippen LogP contribution in [0.2, 0.25) is 0 Å². The van der Waals surface area contributed by atoms with Crippen molar-refractivity contribution in [1.29, 1.82) is 0 Å². The molecule has 0 saturated heterocycles. The van der Waals surface area contributed by atoms with E-state index in [4.69, 9.17) is 15.0 Å². The van der Waals surface area contributed by atoms with Crippen LogP contribution in [0.1, 0.15) is 37.8 Å². The molecule has 0 saturated carbocycles. The van der Waals surface area contributed by atoms with Crippen molar-refractivity contribution in [2.75, 3.05) is 0 Å². The van der Waals surface area contributed by atoms with Gasteiger partial charge in [0.15, 0.2) is 17.5 Å². The van der Waals surface area contributed by atoms with Crippen molar-refractivity contribution >= 4 is 21.8 Å². The van der Waals surface area contributed by atoms with E-state index in [1.807, 2.05) is 60.7 Å². The molecule has 0 bridgehead atoms. The van der Waals surface area contributed by atoms with Gasteiger partial charge in [0.25, 0.3) is 0 Å². The molecule has 54 heavy (non-hydrogen) atoms. The summed E-state index contributed by atoms with van der Waals surface area (Å²) < 4.78 is 2.51. The Morgan fingerprint density at radius 3 is 1.57 bits per heavy atom. The zero-order chi connectivity index (χ0) is 36.2. The lowest BCUT2D eigenvalue weighted by atomic mass is 9.67. The highest BCUT2D eigenvalue weighted by Crippen LogP contribution is 2.52. The van der Waals surface area contributed by atoms with Gasteiger partial charge in [0.2, 0.25) is 0 Å². The van der Waals surface area contributed by atoms with Gasteiger partial charge >= 0.3 is 0 Å². The van der Waals surface area contributed by atoms with Crippen LogP contribution in [0.5, 0.6) is 0 Å². The van der Waals surface area contributed by atoms with Crippen molar-refractivity contribution in [3.8, 4) is 62.1 Å². The van der Waals surface area contributed by atoms with Gasteiger partial charge in [-0.25, -0.2) is 15.0 Å². The molecule has 9 aromatic rings. The molecule has 0 N–H and O–H groups in total. The van der Waals surface area contributed by atoms with E-state index in [2.05, 4.69) is 128 Å². The van der Waals surface area contributed by atoms with Crippen LogP contribution in [0.3, 0.4) is 0 Å². The van der Waals surface area contributed by atoms with Gasteiger partial charge in [0, 0.05) is 32.9 Å². The summed E-state index contributed by atoms with van der Waals surface area (Å²) >= 11 is 0. The van der Waals surface area contributed by atoms with Crippen LogP contribution in [-0.4, -0.2) is 19.5 Å². The summed E-state index contributed by atoms with van der Waals surface area (Å²) in [5, 5.41) is 2.61. The molecule has 258 valence electrons. The third kappa shape index (κ3) is 5.02. The van der Waals surface area contributed by atoms with E-state index in [1.165, 1.54) is 55.3 Å². The van der Waals surface area contributed by atoms with Crippen molar-refractivity contribution in [3.05, 3.63) is 181 Å².